The van der Waals surface area contributed by atoms with Crippen molar-refractivity contribution in [3.8, 4) is 11.3 Å². The lowest BCUT2D eigenvalue weighted by Crippen LogP contribution is -2.40. The third kappa shape index (κ3) is 3.23. The fraction of sp³-hybridized carbons (Fsp3) is 0.421. The van der Waals surface area contributed by atoms with Crippen molar-refractivity contribution in [3.63, 3.8) is 0 Å². The van der Waals surface area contributed by atoms with Gasteiger partial charge in [0, 0.05) is 37.2 Å². The zero-order valence-electron chi connectivity index (χ0n) is 16.0. The second-order valence-corrected chi connectivity index (χ2v) is 7.63. The second-order valence-electron chi connectivity index (χ2n) is 7.63. The van der Waals surface area contributed by atoms with Gasteiger partial charge >= 0.3 is 6.18 Å². The van der Waals surface area contributed by atoms with Crippen LogP contribution in [-0.2, 0) is 29.6 Å². The molecule has 1 unspecified atom stereocenters. The normalized spacial score (nSPS) is 22.0. The minimum Gasteiger partial charge on any atom is -0.383 e. The van der Waals surface area contributed by atoms with Crippen LogP contribution in [0, 0.1) is 0 Å². The van der Waals surface area contributed by atoms with Gasteiger partial charge in [0.25, 0.3) is 0 Å². The number of hydrogen-bond acceptors (Lipinski definition) is 6. The Morgan fingerprint density at radius 3 is 2.87 bits per heavy atom. The predicted molar refractivity (Wildman–Crippen MR) is 101 cm³/mol. The van der Waals surface area contributed by atoms with Crippen LogP contribution in [0.5, 0.6) is 0 Å². The lowest BCUT2D eigenvalue weighted by molar-refractivity contribution is -0.137. The topological polar surface area (TPSA) is 97.9 Å². The van der Waals surface area contributed by atoms with Crippen LogP contribution in [0.2, 0.25) is 0 Å². The fourth-order valence-corrected chi connectivity index (χ4v) is 4.26. The van der Waals surface area contributed by atoms with E-state index in [0.717, 1.165) is 30.6 Å². The number of imidazole rings is 1. The van der Waals surface area contributed by atoms with Gasteiger partial charge in [-0.25, -0.2) is 9.97 Å². The maximum absolute atomic E-state index is 13.2. The van der Waals surface area contributed by atoms with E-state index in [1.54, 1.807) is 12.4 Å². The number of nitrogens with zero attached hydrogens (tertiary/aromatic N) is 5. The number of likely N-dealkylation sites (tertiary alicyclic amines) is 1. The summed E-state index contributed by atoms with van der Waals surface area (Å²) in [5.41, 5.74) is 5.51. The van der Waals surface area contributed by atoms with Crippen LogP contribution < -0.4 is 5.73 Å². The number of halogens is 3. The molecular weight excluding hydrogens is 399 g/mol. The Morgan fingerprint density at radius 2 is 2.10 bits per heavy atom. The number of ether oxygens (including phenoxy) is 1. The number of nitrogens with two attached hydrogens (primary N) is 1. The van der Waals surface area contributed by atoms with E-state index in [-0.39, 0.29) is 5.56 Å². The van der Waals surface area contributed by atoms with Crippen molar-refractivity contribution in [1.29, 1.82) is 0 Å². The van der Waals surface area contributed by atoms with E-state index < -0.39 is 23.2 Å². The Bertz CT molecular complexity index is 1060. The van der Waals surface area contributed by atoms with Crippen molar-refractivity contribution < 1.29 is 17.9 Å². The van der Waals surface area contributed by atoms with Crippen molar-refractivity contribution in [2.24, 2.45) is 0 Å². The van der Waals surface area contributed by atoms with Crippen LogP contribution in [0.25, 0.3) is 11.3 Å². The lowest BCUT2D eigenvalue weighted by Gasteiger charge is -2.34. The van der Waals surface area contributed by atoms with Gasteiger partial charge in [0.1, 0.15) is 17.2 Å². The van der Waals surface area contributed by atoms with Crippen LogP contribution in [0.4, 0.5) is 19.0 Å². The average Bonchev–Trinajstić information content (AvgIpc) is 3.43. The molecule has 0 saturated carbocycles. The number of pyridine rings is 1. The van der Waals surface area contributed by atoms with Crippen molar-refractivity contribution in [1.82, 2.24) is 29.6 Å². The number of aromatic nitrogens is 5. The molecule has 1 saturated heterocycles. The summed E-state index contributed by atoms with van der Waals surface area (Å²) in [6.45, 7) is 3.20. The third-order valence-electron chi connectivity index (χ3n) is 5.69. The number of rotatable bonds is 3. The quantitative estimate of drug-likeness (QED) is 0.677. The lowest BCUT2D eigenvalue weighted by atomic mass is 9.96. The number of H-pyrrole nitrogens is 1. The van der Waals surface area contributed by atoms with E-state index in [1.165, 1.54) is 6.20 Å². The van der Waals surface area contributed by atoms with Gasteiger partial charge in [0.05, 0.1) is 36.6 Å². The highest BCUT2D eigenvalue weighted by Gasteiger charge is 2.45. The number of alkyl halides is 3. The summed E-state index contributed by atoms with van der Waals surface area (Å²) in [6.07, 6.45) is 1.02. The highest BCUT2D eigenvalue weighted by Crippen LogP contribution is 2.41. The molecule has 0 aromatic carbocycles. The van der Waals surface area contributed by atoms with Gasteiger partial charge < -0.3 is 15.5 Å². The van der Waals surface area contributed by atoms with Crippen LogP contribution in [0.3, 0.4) is 0 Å². The van der Waals surface area contributed by atoms with E-state index >= 15 is 0 Å². The molecule has 1 atom stereocenters. The molecule has 8 nitrogen and oxygen atoms in total. The molecule has 0 aliphatic carbocycles. The molecule has 158 valence electrons. The van der Waals surface area contributed by atoms with E-state index in [0.29, 0.717) is 31.9 Å². The SMILES string of the molecule is Nc1ncc(-c2cc3n(n2)CCOC32CCN(Cc3ncc[nH]3)C2)cc1C(F)(F)F. The average molecular weight is 419 g/mol. The summed E-state index contributed by atoms with van der Waals surface area (Å²) in [7, 11) is 0. The molecule has 5 heterocycles. The number of fused-ring (bicyclic) bond motifs is 2. The van der Waals surface area contributed by atoms with Crippen molar-refractivity contribution in [2.75, 3.05) is 25.4 Å². The number of aromatic amines is 1. The third-order valence-corrected chi connectivity index (χ3v) is 5.69. The van der Waals surface area contributed by atoms with Gasteiger partial charge in [-0.05, 0) is 18.6 Å². The second kappa shape index (κ2) is 6.81. The molecule has 11 heteroatoms. The van der Waals surface area contributed by atoms with Gasteiger partial charge in [-0.3, -0.25) is 9.58 Å². The van der Waals surface area contributed by atoms with E-state index in [2.05, 4.69) is 25.0 Å². The summed E-state index contributed by atoms with van der Waals surface area (Å²) in [4.78, 5) is 13.3. The Labute approximate surface area is 169 Å². The highest BCUT2D eigenvalue weighted by molar-refractivity contribution is 5.63. The Balaban J connectivity index is 1.46. The number of nitrogens with one attached hydrogen (secondary N) is 1. The smallest absolute Gasteiger partial charge is 0.383 e. The summed E-state index contributed by atoms with van der Waals surface area (Å²) < 4.78 is 47.7. The van der Waals surface area contributed by atoms with Crippen LogP contribution >= 0.6 is 0 Å². The molecule has 30 heavy (non-hydrogen) atoms. The van der Waals surface area contributed by atoms with E-state index in [1.807, 2.05) is 10.7 Å². The van der Waals surface area contributed by atoms with Crippen molar-refractivity contribution >= 4 is 5.82 Å². The molecule has 2 aliphatic rings. The van der Waals surface area contributed by atoms with Crippen LogP contribution in [-0.4, -0.2) is 49.3 Å². The van der Waals surface area contributed by atoms with Crippen LogP contribution in [0.15, 0.2) is 30.7 Å². The monoisotopic (exact) mass is 419 g/mol. The van der Waals surface area contributed by atoms with E-state index in [9.17, 15) is 13.2 Å². The summed E-state index contributed by atoms with van der Waals surface area (Å²) in [5, 5.41) is 4.55. The minimum absolute atomic E-state index is 0.277. The fourth-order valence-electron chi connectivity index (χ4n) is 4.26. The number of anilines is 1. The van der Waals surface area contributed by atoms with Gasteiger partial charge in [0.15, 0.2) is 0 Å². The number of hydrogen-bond donors (Lipinski definition) is 2. The van der Waals surface area contributed by atoms with Crippen LogP contribution in [0.1, 0.15) is 23.5 Å². The largest absolute Gasteiger partial charge is 0.419 e. The molecule has 0 amide bonds. The molecule has 1 spiro atoms. The maximum Gasteiger partial charge on any atom is 0.419 e. The first-order valence-electron chi connectivity index (χ1n) is 9.60. The summed E-state index contributed by atoms with van der Waals surface area (Å²) in [6, 6.07) is 2.81. The molecule has 1 fully saturated rings. The van der Waals surface area contributed by atoms with Gasteiger partial charge in [-0.15, -0.1) is 0 Å². The molecule has 3 aromatic rings. The number of nitrogen functional groups attached to an aromatic ring is 1. The standard InChI is InChI=1S/C19H20F3N7O/c20-19(21,22)13-7-12(9-26-17(13)23)14-8-15-18(30-6-5-29(15)27-14)1-4-28(11-18)10-16-24-2-3-25-16/h2-3,7-9H,1,4-6,10-11H2,(H2,23,26)(H,24,25). The van der Waals surface area contributed by atoms with E-state index in [4.69, 9.17) is 10.5 Å². The Morgan fingerprint density at radius 1 is 1.23 bits per heavy atom. The zero-order chi connectivity index (χ0) is 20.9. The van der Waals surface area contributed by atoms with Gasteiger partial charge in [-0.2, -0.15) is 18.3 Å². The molecule has 3 aromatic heterocycles. The first-order chi connectivity index (χ1) is 14.3. The Kier molecular flexibility index (Phi) is 4.33. The summed E-state index contributed by atoms with van der Waals surface area (Å²) >= 11 is 0. The van der Waals surface area contributed by atoms with Crippen molar-refractivity contribution in [3.05, 3.63) is 47.8 Å². The first-order valence-corrected chi connectivity index (χ1v) is 9.60. The molecule has 0 radical (unpaired) electrons. The van der Waals surface area contributed by atoms with Gasteiger partial charge in [-0.1, -0.05) is 0 Å². The maximum atomic E-state index is 13.2. The predicted octanol–water partition coefficient (Wildman–Crippen LogP) is 2.40. The molecule has 0 bridgehead atoms. The zero-order valence-corrected chi connectivity index (χ0v) is 16.0. The van der Waals surface area contributed by atoms with Gasteiger partial charge in [0.2, 0.25) is 0 Å². The highest BCUT2D eigenvalue weighted by atomic mass is 19.4. The molecule has 2 aliphatic heterocycles. The van der Waals surface area contributed by atoms with Crippen molar-refractivity contribution in [2.45, 2.75) is 31.3 Å². The Hall–Kier alpha value is -2.92. The molecule has 5 rings (SSSR count). The first kappa shape index (κ1) is 19.1. The molecule has 3 N–H and O–H groups in total. The summed E-state index contributed by atoms with van der Waals surface area (Å²) in [5.74, 6) is 0.337. The molecular formula is C19H20F3N7O. The minimum atomic E-state index is -4.57.